The third-order valence-electron chi connectivity index (χ3n) is 4.82. The highest BCUT2D eigenvalue weighted by Gasteiger charge is 2.31. The molecule has 0 saturated heterocycles. The SMILES string of the molecule is O=C(CCCNc1ncc(C(F)(F)F)cc1Cl)NNS(=O)(=O)c1ccc(CNC(=O)c2cc(Cl)cc(Cl)c2)s1. The number of nitrogens with one attached hydrogen (secondary N) is 4. The van der Waals surface area contributed by atoms with Crippen molar-refractivity contribution in [1.82, 2.24) is 20.6 Å². The average molecular weight is 645 g/mol. The molecular formula is C22H19Cl3F3N5O4S2. The van der Waals surface area contributed by atoms with E-state index < -0.39 is 33.6 Å². The van der Waals surface area contributed by atoms with Gasteiger partial charge in [-0.1, -0.05) is 34.8 Å². The van der Waals surface area contributed by atoms with E-state index in [1.165, 1.54) is 30.3 Å². The van der Waals surface area contributed by atoms with Gasteiger partial charge in [0, 0.05) is 39.6 Å². The molecule has 0 aliphatic rings. The third-order valence-corrected chi connectivity index (χ3v) is 8.37. The molecule has 1 aromatic carbocycles. The molecule has 0 saturated carbocycles. The second kappa shape index (κ2) is 13.2. The van der Waals surface area contributed by atoms with Crippen LogP contribution in [0, 0.1) is 0 Å². The molecule has 0 atom stereocenters. The minimum absolute atomic E-state index is 0.0202. The third kappa shape index (κ3) is 9.22. The van der Waals surface area contributed by atoms with Crippen molar-refractivity contribution in [2.45, 2.75) is 29.8 Å². The van der Waals surface area contributed by atoms with Gasteiger partial charge in [-0.15, -0.1) is 16.2 Å². The molecule has 0 bridgehead atoms. The number of sulfonamides is 1. The van der Waals surface area contributed by atoms with Crippen molar-refractivity contribution in [2.75, 3.05) is 11.9 Å². The Hall–Kier alpha value is -2.62. The number of halogens is 6. The van der Waals surface area contributed by atoms with Crippen LogP contribution < -0.4 is 20.9 Å². The van der Waals surface area contributed by atoms with Crippen LogP contribution in [0.25, 0.3) is 0 Å². The first-order valence-corrected chi connectivity index (χ1v) is 14.3. The molecule has 210 valence electrons. The Kier molecular flexibility index (Phi) is 10.4. The van der Waals surface area contributed by atoms with Gasteiger partial charge in [-0.25, -0.2) is 13.4 Å². The van der Waals surface area contributed by atoms with Crippen LogP contribution in [-0.4, -0.2) is 31.8 Å². The van der Waals surface area contributed by atoms with Crippen molar-refractivity contribution in [3.63, 3.8) is 0 Å². The van der Waals surface area contributed by atoms with E-state index in [1.807, 2.05) is 4.83 Å². The predicted octanol–water partition coefficient (Wildman–Crippen LogP) is 5.25. The number of amides is 2. The number of hydrogen-bond acceptors (Lipinski definition) is 7. The Morgan fingerprint density at radius 1 is 1.03 bits per heavy atom. The predicted molar refractivity (Wildman–Crippen MR) is 142 cm³/mol. The summed E-state index contributed by atoms with van der Waals surface area (Å²) in [5, 5.41) is 5.71. The molecule has 0 fully saturated rings. The van der Waals surface area contributed by atoms with Crippen molar-refractivity contribution in [3.05, 3.63) is 73.7 Å². The van der Waals surface area contributed by atoms with Crippen LogP contribution >= 0.6 is 46.1 Å². The number of anilines is 1. The van der Waals surface area contributed by atoms with Gasteiger partial charge < -0.3 is 10.6 Å². The lowest BCUT2D eigenvalue weighted by molar-refractivity contribution is -0.137. The van der Waals surface area contributed by atoms with Crippen molar-refractivity contribution in [1.29, 1.82) is 0 Å². The summed E-state index contributed by atoms with van der Waals surface area (Å²) in [7, 11) is -4.08. The largest absolute Gasteiger partial charge is 0.417 e. The fourth-order valence-corrected chi connectivity index (χ4v) is 5.88. The number of rotatable bonds is 11. The molecule has 0 radical (unpaired) electrons. The van der Waals surface area contributed by atoms with Gasteiger partial charge in [-0.2, -0.15) is 13.2 Å². The molecule has 0 aliphatic carbocycles. The zero-order valence-electron chi connectivity index (χ0n) is 19.5. The highest BCUT2D eigenvalue weighted by molar-refractivity contribution is 7.91. The topological polar surface area (TPSA) is 129 Å². The normalized spacial score (nSPS) is 11.7. The summed E-state index contributed by atoms with van der Waals surface area (Å²) < 4.78 is 62.9. The number of hydrazine groups is 1. The number of pyridine rings is 1. The second-order valence-electron chi connectivity index (χ2n) is 7.80. The summed E-state index contributed by atoms with van der Waals surface area (Å²) in [6, 6.07) is 7.93. The monoisotopic (exact) mass is 643 g/mol. The second-order valence-corrected chi connectivity index (χ2v) is 12.2. The van der Waals surface area contributed by atoms with Crippen molar-refractivity contribution < 1.29 is 31.2 Å². The van der Waals surface area contributed by atoms with Crippen molar-refractivity contribution in [2.24, 2.45) is 0 Å². The number of aromatic nitrogens is 1. The fourth-order valence-electron chi connectivity index (χ4n) is 2.97. The first kappa shape index (κ1) is 30.9. The zero-order chi connectivity index (χ0) is 28.8. The Morgan fingerprint density at radius 2 is 1.72 bits per heavy atom. The number of hydrogen-bond donors (Lipinski definition) is 4. The van der Waals surface area contributed by atoms with Gasteiger partial charge in [0.05, 0.1) is 17.1 Å². The van der Waals surface area contributed by atoms with Gasteiger partial charge in [-0.05, 0) is 42.8 Å². The smallest absolute Gasteiger partial charge is 0.369 e. The Morgan fingerprint density at radius 3 is 2.36 bits per heavy atom. The molecule has 4 N–H and O–H groups in total. The van der Waals surface area contributed by atoms with Crippen LogP contribution in [0.15, 0.2) is 46.8 Å². The minimum Gasteiger partial charge on any atom is -0.369 e. The van der Waals surface area contributed by atoms with Crippen LogP contribution in [0.4, 0.5) is 19.0 Å². The quantitative estimate of drug-likeness (QED) is 0.167. The highest BCUT2D eigenvalue weighted by Crippen LogP contribution is 2.32. The molecule has 0 aliphatic heterocycles. The first-order chi connectivity index (χ1) is 18.2. The number of carbonyl (C=O) groups excluding carboxylic acids is 2. The minimum atomic E-state index is -4.58. The number of nitrogens with zero attached hydrogens (tertiary/aromatic N) is 1. The number of benzene rings is 1. The van der Waals surface area contributed by atoms with Crippen LogP contribution in [0.5, 0.6) is 0 Å². The molecule has 3 aromatic rings. The summed E-state index contributed by atoms with van der Waals surface area (Å²) in [6.45, 7) is 0.181. The lowest BCUT2D eigenvalue weighted by Gasteiger charge is -2.11. The molecule has 0 spiro atoms. The van der Waals surface area contributed by atoms with E-state index in [-0.39, 0.29) is 46.5 Å². The van der Waals surface area contributed by atoms with E-state index in [1.54, 1.807) is 0 Å². The molecule has 2 amide bonds. The number of thiophene rings is 1. The average Bonchev–Trinajstić information content (AvgIpc) is 3.34. The molecule has 2 heterocycles. The van der Waals surface area contributed by atoms with Crippen LogP contribution in [-0.2, 0) is 27.5 Å². The maximum Gasteiger partial charge on any atom is 0.417 e. The van der Waals surface area contributed by atoms with E-state index in [4.69, 9.17) is 34.8 Å². The van der Waals surface area contributed by atoms with Gasteiger partial charge in [-0.3, -0.25) is 15.0 Å². The van der Waals surface area contributed by atoms with Gasteiger partial charge >= 0.3 is 6.18 Å². The maximum absolute atomic E-state index is 12.7. The van der Waals surface area contributed by atoms with Gasteiger partial charge in [0.15, 0.2) is 0 Å². The number of alkyl halides is 3. The highest BCUT2D eigenvalue weighted by atomic mass is 35.5. The Labute approximate surface area is 240 Å². The standard InChI is InChI=1S/C22H19Cl3F3N5O4S2/c23-14-6-12(7-15(24)9-14)21(35)31-11-16-3-4-19(38-16)39(36,37)33-32-18(34)2-1-5-29-20-17(25)8-13(10-30-20)22(26,27)28/h3-4,6-10,33H,1-2,5,11H2,(H,29,30)(H,31,35)(H,32,34). The van der Waals surface area contributed by atoms with E-state index in [2.05, 4.69) is 21.0 Å². The van der Waals surface area contributed by atoms with Crippen LogP contribution in [0.1, 0.15) is 33.6 Å². The van der Waals surface area contributed by atoms with E-state index in [9.17, 15) is 31.2 Å². The number of carbonyl (C=O) groups is 2. The fraction of sp³-hybridized carbons (Fsp3) is 0.227. The summed E-state index contributed by atoms with van der Waals surface area (Å²) >= 11 is 18.5. The maximum atomic E-state index is 12.7. The molecule has 3 rings (SSSR count). The molecular weight excluding hydrogens is 626 g/mol. The summed E-state index contributed by atoms with van der Waals surface area (Å²) in [6.07, 6.45) is -3.85. The van der Waals surface area contributed by atoms with Gasteiger partial charge in [0.25, 0.3) is 15.9 Å². The summed E-state index contributed by atoms with van der Waals surface area (Å²) in [4.78, 5) is 30.5. The van der Waals surface area contributed by atoms with E-state index in [0.717, 1.165) is 17.4 Å². The molecule has 2 aromatic heterocycles. The first-order valence-electron chi connectivity index (χ1n) is 10.8. The zero-order valence-corrected chi connectivity index (χ0v) is 23.4. The van der Waals surface area contributed by atoms with Crippen LogP contribution in [0.2, 0.25) is 15.1 Å². The molecule has 39 heavy (non-hydrogen) atoms. The van der Waals surface area contributed by atoms with E-state index in [0.29, 0.717) is 21.1 Å². The molecule has 0 unspecified atom stereocenters. The van der Waals surface area contributed by atoms with Crippen LogP contribution in [0.3, 0.4) is 0 Å². The summed E-state index contributed by atoms with van der Waals surface area (Å²) in [5.41, 5.74) is 1.34. The lowest BCUT2D eigenvalue weighted by atomic mass is 10.2. The van der Waals surface area contributed by atoms with Gasteiger partial charge in [0.2, 0.25) is 5.91 Å². The van der Waals surface area contributed by atoms with Crippen molar-refractivity contribution in [3.8, 4) is 0 Å². The van der Waals surface area contributed by atoms with Crippen molar-refractivity contribution >= 4 is 73.8 Å². The van der Waals surface area contributed by atoms with E-state index >= 15 is 0 Å². The Balaban J connectivity index is 1.42. The van der Waals surface area contributed by atoms with Gasteiger partial charge in [0.1, 0.15) is 10.0 Å². The molecule has 9 nitrogen and oxygen atoms in total. The molecule has 17 heteroatoms. The lowest BCUT2D eigenvalue weighted by Crippen LogP contribution is -2.41. The Bertz CT molecular complexity index is 1450. The summed E-state index contributed by atoms with van der Waals surface area (Å²) in [5.74, 6) is -1.07.